The highest BCUT2D eigenvalue weighted by Gasteiger charge is 2.17. The van der Waals surface area contributed by atoms with Crippen molar-refractivity contribution in [2.45, 2.75) is 37.7 Å². The van der Waals surface area contributed by atoms with E-state index in [1.165, 1.54) is 36.0 Å². The lowest BCUT2D eigenvalue weighted by atomic mass is 10.0. The van der Waals surface area contributed by atoms with Gasteiger partial charge in [0, 0.05) is 11.9 Å². The lowest BCUT2D eigenvalue weighted by Crippen LogP contribution is -2.30. The molecule has 0 aliphatic heterocycles. The summed E-state index contributed by atoms with van der Waals surface area (Å²) in [7, 11) is -3.78. The SMILES string of the molecule is CC(Oc1ccc(C(C)C)cc1)C(=O)Nc1ccc(S(=O)(=O)Nc2ccccn2)cc1. The topological polar surface area (TPSA) is 97.4 Å². The molecule has 1 unspecified atom stereocenters. The smallest absolute Gasteiger partial charge is 0.265 e. The van der Waals surface area contributed by atoms with Crippen molar-refractivity contribution in [2.75, 3.05) is 10.0 Å². The maximum atomic E-state index is 12.5. The van der Waals surface area contributed by atoms with Crippen molar-refractivity contribution >= 4 is 27.4 Å². The molecule has 2 aromatic carbocycles. The van der Waals surface area contributed by atoms with Crippen molar-refractivity contribution in [3.63, 3.8) is 0 Å². The Bertz CT molecular complexity index is 1110. The van der Waals surface area contributed by atoms with Gasteiger partial charge < -0.3 is 10.1 Å². The number of amides is 1. The van der Waals surface area contributed by atoms with Gasteiger partial charge in [0.2, 0.25) is 0 Å². The number of sulfonamides is 1. The Hall–Kier alpha value is -3.39. The summed E-state index contributed by atoms with van der Waals surface area (Å²) in [5.74, 6) is 0.914. The maximum Gasteiger partial charge on any atom is 0.265 e. The monoisotopic (exact) mass is 439 g/mol. The predicted molar refractivity (Wildman–Crippen MR) is 121 cm³/mol. The van der Waals surface area contributed by atoms with Gasteiger partial charge in [0.05, 0.1) is 4.90 Å². The molecule has 162 valence electrons. The highest BCUT2D eigenvalue weighted by molar-refractivity contribution is 7.92. The van der Waals surface area contributed by atoms with Crippen LogP contribution in [-0.4, -0.2) is 25.4 Å². The molecular formula is C23H25N3O4S. The standard InChI is InChI=1S/C23H25N3O4S/c1-16(2)18-7-11-20(12-8-18)30-17(3)23(27)25-19-9-13-21(14-10-19)31(28,29)26-22-6-4-5-15-24-22/h4-17H,1-3H3,(H,24,26)(H,25,27). The van der Waals surface area contributed by atoms with Crippen molar-refractivity contribution in [1.82, 2.24) is 4.98 Å². The molecule has 0 aliphatic rings. The summed E-state index contributed by atoms with van der Waals surface area (Å²) >= 11 is 0. The molecule has 0 saturated carbocycles. The second-order valence-corrected chi connectivity index (χ2v) is 9.00. The lowest BCUT2D eigenvalue weighted by Gasteiger charge is -2.16. The van der Waals surface area contributed by atoms with Gasteiger partial charge in [0.25, 0.3) is 15.9 Å². The minimum absolute atomic E-state index is 0.0608. The molecule has 3 aromatic rings. The van der Waals surface area contributed by atoms with Gasteiger partial charge in [0.1, 0.15) is 11.6 Å². The van der Waals surface area contributed by atoms with Gasteiger partial charge in [-0.1, -0.05) is 32.0 Å². The molecule has 8 heteroatoms. The van der Waals surface area contributed by atoms with E-state index in [1.807, 2.05) is 24.3 Å². The molecule has 1 aromatic heterocycles. The number of nitrogens with one attached hydrogen (secondary N) is 2. The van der Waals surface area contributed by atoms with Crippen LogP contribution in [0.2, 0.25) is 0 Å². The van der Waals surface area contributed by atoms with Crippen LogP contribution in [0, 0.1) is 0 Å². The molecule has 7 nitrogen and oxygen atoms in total. The largest absolute Gasteiger partial charge is 0.481 e. The average Bonchev–Trinajstić information content (AvgIpc) is 2.75. The Morgan fingerprint density at radius 2 is 1.61 bits per heavy atom. The molecular weight excluding hydrogens is 414 g/mol. The van der Waals surface area contributed by atoms with Crippen LogP contribution in [-0.2, 0) is 14.8 Å². The molecule has 2 N–H and O–H groups in total. The number of hydrogen-bond donors (Lipinski definition) is 2. The van der Waals surface area contributed by atoms with E-state index in [1.54, 1.807) is 25.1 Å². The number of carbonyl (C=O) groups excluding carboxylic acids is 1. The highest BCUT2D eigenvalue weighted by Crippen LogP contribution is 2.20. The molecule has 1 amide bonds. The van der Waals surface area contributed by atoms with Gasteiger partial charge >= 0.3 is 0 Å². The Kier molecular flexibility index (Phi) is 6.91. The summed E-state index contributed by atoms with van der Waals surface area (Å²) in [6.07, 6.45) is 0.775. The van der Waals surface area contributed by atoms with Crippen LogP contribution in [0.25, 0.3) is 0 Å². The number of ether oxygens (including phenoxy) is 1. The number of pyridine rings is 1. The van der Waals surface area contributed by atoms with Crippen LogP contribution in [0.3, 0.4) is 0 Å². The minimum Gasteiger partial charge on any atom is -0.481 e. The predicted octanol–water partition coefficient (Wildman–Crippen LogP) is 4.41. The Morgan fingerprint density at radius 3 is 2.19 bits per heavy atom. The first-order chi connectivity index (χ1) is 14.7. The van der Waals surface area contributed by atoms with Gasteiger partial charge in [-0.05, 0) is 66.9 Å². The van der Waals surface area contributed by atoms with E-state index in [-0.39, 0.29) is 16.6 Å². The normalized spacial score (nSPS) is 12.3. The maximum absolute atomic E-state index is 12.5. The zero-order valence-corrected chi connectivity index (χ0v) is 18.4. The van der Waals surface area contributed by atoms with Gasteiger partial charge in [-0.25, -0.2) is 13.4 Å². The van der Waals surface area contributed by atoms with Gasteiger partial charge in [-0.15, -0.1) is 0 Å². The van der Waals surface area contributed by atoms with Crippen LogP contribution in [0.5, 0.6) is 5.75 Å². The summed E-state index contributed by atoms with van der Waals surface area (Å²) in [4.78, 5) is 16.5. The van der Waals surface area contributed by atoms with Crippen LogP contribution in [0.4, 0.5) is 11.5 Å². The number of hydrogen-bond acceptors (Lipinski definition) is 5. The molecule has 31 heavy (non-hydrogen) atoms. The fourth-order valence-corrected chi connectivity index (χ4v) is 3.78. The van der Waals surface area contributed by atoms with E-state index >= 15 is 0 Å². The summed E-state index contributed by atoms with van der Waals surface area (Å²) in [6, 6.07) is 18.4. The Balaban J connectivity index is 1.60. The van der Waals surface area contributed by atoms with Gasteiger partial charge in [-0.2, -0.15) is 0 Å². The summed E-state index contributed by atoms with van der Waals surface area (Å²) in [5, 5.41) is 2.73. The molecule has 0 aliphatic carbocycles. The molecule has 3 rings (SSSR count). The third-order valence-electron chi connectivity index (χ3n) is 4.56. The highest BCUT2D eigenvalue weighted by atomic mass is 32.2. The first-order valence-corrected chi connectivity index (χ1v) is 11.3. The molecule has 0 saturated heterocycles. The molecule has 0 radical (unpaired) electrons. The van der Waals surface area contributed by atoms with Gasteiger partial charge in [0.15, 0.2) is 6.10 Å². The number of rotatable bonds is 8. The molecule has 1 heterocycles. The van der Waals surface area contributed by atoms with Gasteiger partial charge in [-0.3, -0.25) is 9.52 Å². The second kappa shape index (κ2) is 9.61. The summed E-state index contributed by atoms with van der Waals surface area (Å²) < 4.78 is 33.0. The number of benzene rings is 2. The van der Waals surface area contributed by atoms with E-state index in [2.05, 4.69) is 28.9 Å². The Morgan fingerprint density at radius 1 is 0.935 bits per heavy atom. The van der Waals surface area contributed by atoms with E-state index < -0.39 is 16.1 Å². The van der Waals surface area contributed by atoms with Crippen molar-refractivity contribution in [3.8, 4) is 5.75 Å². The third-order valence-corrected chi connectivity index (χ3v) is 5.94. The zero-order valence-electron chi connectivity index (χ0n) is 17.6. The first-order valence-electron chi connectivity index (χ1n) is 9.86. The average molecular weight is 440 g/mol. The summed E-state index contributed by atoms with van der Waals surface area (Å²) in [5.41, 5.74) is 1.66. The lowest BCUT2D eigenvalue weighted by molar-refractivity contribution is -0.122. The zero-order chi connectivity index (χ0) is 22.4. The fourth-order valence-electron chi connectivity index (χ4n) is 2.77. The minimum atomic E-state index is -3.78. The molecule has 0 bridgehead atoms. The molecule has 1 atom stereocenters. The van der Waals surface area contributed by atoms with Crippen LogP contribution >= 0.6 is 0 Å². The second-order valence-electron chi connectivity index (χ2n) is 7.32. The van der Waals surface area contributed by atoms with Crippen molar-refractivity contribution in [1.29, 1.82) is 0 Å². The van der Waals surface area contributed by atoms with Crippen LogP contribution in [0.15, 0.2) is 77.8 Å². The van der Waals surface area contributed by atoms with Crippen LogP contribution in [0.1, 0.15) is 32.3 Å². The number of anilines is 2. The summed E-state index contributed by atoms with van der Waals surface area (Å²) in [6.45, 7) is 5.87. The first kappa shape index (κ1) is 22.3. The number of carbonyl (C=O) groups is 1. The van der Waals surface area contributed by atoms with E-state index in [0.717, 1.165) is 0 Å². The number of nitrogens with zero attached hydrogens (tertiary/aromatic N) is 1. The molecule has 0 spiro atoms. The van der Waals surface area contributed by atoms with E-state index in [4.69, 9.17) is 4.74 Å². The molecule has 0 fully saturated rings. The van der Waals surface area contributed by atoms with Crippen molar-refractivity contribution in [3.05, 3.63) is 78.5 Å². The van der Waals surface area contributed by atoms with E-state index in [9.17, 15) is 13.2 Å². The fraction of sp³-hybridized carbons (Fsp3) is 0.217. The Labute approximate surface area is 182 Å². The van der Waals surface area contributed by atoms with E-state index in [0.29, 0.717) is 17.4 Å². The van der Waals surface area contributed by atoms with Crippen molar-refractivity contribution in [2.24, 2.45) is 0 Å². The van der Waals surface area contributed by atoms with Crippen molar-refractivity contribution < 1.29 is 17.9 Å². The number of aromatic nitrogens is 1. The third kappa shape index (κ3) is 6.05. The quantitative estimate of drug-likeness (QED) is 0.542. The van der Waals surface area contributed by atoms with Crippen LogP contribution < -0.4 is 14.8 Å².